The molecule has 26 heavy (non-hydrogen) atoms. The van der Waals surface area contributed by atoms with Crippen LogP contribution in [0.5, 0.6) is 0 Å². The summed E-state index contributed by atoms with van der Waals surface area (Å²) in [5, 5.41) is 0. The van der Waals surface area contributed by atoms with Gasteiger partial charge in [-0.2, -0.15) is 13.2 Å². The van der Waals surface area contributed by atoms with Crippen molar-refractivity contribution in [1.29, 1.82) is 0 Å². The van der Waals surface area contributed by atoms with Gasteiger partial charge in [0.1, 0.15) is 0 Å². The lowest BCUT2D eigenvalue weighted by Gasteiger charge is -2.35. The number of carbonyl (C=O) groups is 1. The summed E-state index contributed by atoms with van der Waals surface area (Å²) in [6, 6.07) is 3.57. The van der Waals surface area contributed by atoms with Crippen LogP contribution < -0.4 is 0 Å². The van der Waals surface area contributed by atoms with Crippen molar-refractivity contribution in [1.82, 2.24) is 0 Å². The first kappa shape index (κ1) is 20.7. The van der Waals surface area contributed by atoms with Gasteiger partial charge in [0.25, 0.3) is 0 Å². The SMILES string of the molecule is CCOC(=O)C1(C)CCC(CS(=O)(=O)c2ccc(C(F)(F)F)cc2)CC1. The minimum Gasteiger partial charge on any atom is -0.466 e. The molecule has 0 radical (unpaired) electrons. The fourth-order valence-corrected chi connectivity index (χ4v) is 4.95. The van der Waals surface area contributed by atoms with Gasteiger partial charge in [0, 0.05) is 0 Å². The number of halogens is 3. The topological polar surface area (TPSA) is 60.4 Å². The molecule has 1 saturated carbocycles. The Morgan fingerprint density at radius 1 is 1.19 bits per heavy atom. The Morgan fingerprint density at radius 2 is 1.73 bits per heavy atom. The molecule has 8 heteroatoms. The van der Waals surface area contributed by atoms with Crippen LogP contribution >= 0.6 is 0 Å². The van der Waals surface area contributed by atoms with Crippen LogP contribution in [0.3, 0.4) is 0 Å². The Labute approximate surface area is 151 Å². The van der Waals surface area contributed by atoms with E-state index in [9.17, 15) is 26.4 Å². The van der Waals surface area contributed by atoms with Gasteiger partial charge in [-0.25, -0.2) is 8.42 Å². The maximum absolute atomic E-state index is 12.6. The van der Waals surface area contributed by atoms with Gasteiger partial charge in [-0.05, 0) is 69.7 Å². The van der Waals surface area contributed by atoms with Crippen LogP contribution in [-0.2, 0) is 25.5 Å². The number of ether oxygens (including phenoxy) is 1. The normalized spacial score (nSPS) is 24.3. The Kier molecular flexibility index (Phi) is 6.05. The summed E-state index contributed by atoms with van der Waals surface area (Å²) < 4.78 is 67.8. The number of esters is 1. The van der Waals surface area contributed by atoms with Crippen LogP contribution in [0.4, 0.5) is 13.2 Å². The highest BCUT2D eigenvalue weighted by Crippen LogP contribution is 2.40. The molecule has 0 heterocycles. The summed E-state index contributed by atoms with van der Waals surface area (Å²) in [6.07, 6.45) is -2.29. The summed E-state index contributed by atoms with van der Waals surface area (Å²) in [7, 11) is -3.67. The second-order valence-corrected chi connectivity index (χ2v) is 9.06. The van der Waals surface area contributed by atoms with Gasteiger partial charge in [-0.3, -0.25) is 4.79 Å². The molecule has 1 aromatic rings. The number of sulfone groups is 1. The van der Waals surface area contributed by atoms with Crippen molar-refractivity contribution in [2.75, 3.05) is 12.4 Å². The molecule has 1 aromatic carbocycles. The molecule has 1 aliphatic rings. The predicted octanol–water partition coefficient (Wildman–Crippen LogP) is 4.24. The molecular formula is C18H23F3O4S. The highest BCUT2D eigenvalue weighted by atomic mass is 32.2. The van der Waals surface area contributed by atoms with E-state index in [0.29, 0.717) is 32.3 Å². The minimum absolute atomic E-state index is 0.107. The molecule has 146 valence electrons. The van der Waals surface area contributed by atoms with E-state index >= 15 is 0 Å². The van der Waals surface area contributed by atoms with Crippen molar-refractivity contribution in [3.8, 4) is 0 Å². The number of carbonyl (C=O) groups excluding carboxylic acids is 1. The number of hydrogen-bond donors (Lipinski definition) is 0. The van der Waals surface area contributed by atoms with Gasteiger partial charge in [-0.15, -0.1) is 0 Å². The number of rotatable bonds is 5. The Balaban J connectivity index is 2.02. The Bertz CT molecular complexity index is 731. The summed E-state index contributed by atoms with van der Waals surface area (Å²) in [4.78, 5) is 11.9. The van der Waals surface area contributed by atoms with Crippen molar-refractivity contribution in [3.63, 3.8) is 0 Å². The van der Waals surface area contributed by atoms with Crippen molar-refractivity contribution < 1.29 is 31.1 Å². The van der Waals surface area contributed by atoms with Crippen LogP contribution in [-0.4, -0.2) is 26.7 Å². The average Bonchev–Trinajstić information content (AvgIpc) is 2.56. The van der Waals surface area contributed by atoms with Gasteiger partial charge in [-0.1, -0.05) is 0 Å². The molecule has 0 unspecified atom stereocenters. The standard InChI is InChI=1S/C18H23F3O4S/c1-3-25-16(22)17(2)10-8-13(9-11-17)12-26(23,24)15-6-4-14(5-7-15)18(19,20)21/h4-7,13H,3,8-12H2,1-2H3. The number of benzene rings is 1. The lowest BCUT2D eigenvalue weighted by molar-refractivity contribution is -0.156. The molecule has 0 amide bonds. The molecule has 4 nitrogen and oxygen atoms in total. The molecule has 0 bridgehead atoms. The lowest BCUT2D eigenvalue weighted by atomic mass is 9.72. The van der Waals surface area contributed by atoms with E-state index in [4.69, 9.17) is 4.74 Å². The summed E-state index contributed by atoms with van der Waals surface area (Å²) in [5.41, 5.74) is -1.47. The maximum atomic E-state index is 12.6. The molecular weight excluding hydrogens is 369 g/mol. The zero-order chi connectivity index (χ0) is 19.6. The summed E-state index contributed by atoms with van der Waals surface area (Å²) in [6.45, 7) is 3.87. The monoisotopic (exact) mass is 392 g/mol. The number of hydrogen-bond acceptors (Lipinski definition) is 4. The van der Waals surface area contributed by atoms with E-state index in [0.717, 1.165) is 24.3 Å². The van der Waals surface area contributed by atoms with Crippen LogP contribution in [0.1, 0.15) is 45.1 Å². The Hall–Kier alpha value is -1.57. The first-order valence-corrected chi connectivity index (χ1v) is 10.2. The van der Waals surface area contributed by atoms with Crippen LogP contribution in [0.15, 0.2) is 29.2 Å². The van der Waals surface area contributed by atoms with E-state index in [-0.39, 0.29) is 22.5 Å². The van der Waals surface area contributed by atoms with Crippen LogP contribution in [0, 0.1) is 11.3 Å². The van der Waals surface area contributed by atoms with Crippen LogP contribution in [0.25, 0.3) is 0 Å². The van der Waals surface area contributed by atoms with Crippen molar-refractivity contribution in [2.45, 2.75) is 50.6 Å². The van der Waals surface area contributed by atoms with Gasteiger partial charge in [0.15, 0.2) is 9.84 Å². The van der Waals surface area contributed by atoms with E-state index in [1.54, 1.807) is 6.92 Å². The van der Waals surface area contributed by atoms with Crippen LogP contribution in [0.2, 0.25) is 0 Å². The molecule has 0 atom stereocenters. The van der Waals surface area contributed by atoms with Crippen molar-refractivity contribution >= 4 is 15.8 Å². The molecule has 0 N–H and O–H groups in total. The molecule has 2 rings (SSSR count). The maximum Gasteiger partial charge on any atom is 0.416 e. The van der Waals surface area contributed by atoms with Crippen molar-refractivity contribution in [3.05, 3.63) is 29.8 Å². The molecule has 0 aromatic heterocycles. The fraction of sp³-hybridized carbons (Fsp3) is 0.611. The quantitative estimate of drug-likeness (QED) is 0.704. The minimum atomic E-state index is -4.50. The van der Waals surface area contributed by atoms with E-state index in [1.807, 2.05) is 6.92 Å². The van der Waals surface area contributed by atoms with Crippen molar-refractivity contribution in [2.24, 2.45) is 11.3 Å². The lowest BCUT2D eigenvalue weighted by Crippen LogP contribution is -2.35. The molecule has 1 aliphatic carbocycles. The smallest absolute Gasteiger partial charge is 0.416 e. The highest BCUT2D eigenvalue weighted by molar-refractivity contribution is 7.91. The van der Waals surface area contributed by atoms with E-state index in [1.165, 1.54) is 0 Å². The summed E-state index contributed by atoms with van der Waals surface area (Å²) >= 11 is 0. The third kappa shape index (κ3) is 4.78. The number of alkyl halides is 3. The third-order valence-corrected chi connectivity index (χ3v) is 6.87. The summed E-state index contributed by atoms with van der Waals surface area (Å²) in [5.74, 6) is -0.508. The molecule has 1 fully saturated rings. The zero-order valence-corrected chi connectivity index (χ0v) is 15.6. The first-order valence-electron chi connectivity index (χ1n) is 8.55. The molecule has 0 spiro atoms. The van der Waals surface area contributed by atoms with Gasteiger partial charge in [0.2, 0.25) is 0 Å². The predicted molar refractivity (Wildman–Crippen MR) is 90.2 cm³/mol. The molecule has 0 aliphatic heterocycles. The largest absolute Gasteiger partial charge is 0.466 e. The van der Waals surface area contributed by atoms with E-state index < -0.39 is 27.0 Å². The Morgan fingerprint density at radius 3 is 2.19 bits per heavy atom. The highest BCUT2D eigenvalue weighted by Gasteiger charge is 2.40. The second kappa shape index (κ2) is 7.58. The van der Waals surface area contributed by atoms with E-state index in [2.05, 4.69) is 0 Å². The fourth-order valence-electron chi connectivity index (χ4n) is 3.25. The first-order chi connectivity index (χ1) is 12.0. The third-order valence-electron chi connectivity index (χ3n) is 4.97. The van der Waals surface area contributed by atoms with Gasteiger partial charge >= 0.3 is 12.1 Å². The second-order valence-electron chi connectivity index (χ2n) is 7.03. The van der Waals surface area contributed by atoms with Gasteiger partial charge in [0.05, 0.1) is 28.2 Å². The molecule has 0 saturated heterocycles. The zero-order valence-electron chi connectivity index (χ0n) is 14.8. The average molecular weight is 392 g/mol. The van der Waals surface area contributed by atoms with Gasteiger partial charge < -0.3 is 4.74 Å².